The van der Waals surface area contributed by atoms with E-state index in [-0.39, 0.29) is 6.03 Å². The van der Waals surface area contributed by atoms with Gasteiger partial charge in [0.15, 0.2) is 0 Å². The van der Waals surface area contributed by atoms with E-state index in [0.29, 0.717) is 17.6 Å². The van der Waals surface area contributed by atoms with Crippen LogP contribution in [0.5, 0.6) is 0 Å². The van der Waals surface area contributed by atoms with Gasteiger partial charge in [-0.25, -0.2) is 4.79 Å². The number of rotatable bonds is 5. The summed E-state index contributed by atoms with van der Waals surface area (Å²) < 4.78 is 12.1. The van der Waals surface area contributed by atoms with Gasteiger partial charge in [-0.15, -0.1) is 10.2 Å². The number of carbonyl (C=O) groups is 1. The molecule has 23 heavy (non-hydrogen) atoms. The highest BCUT2D eigenvalue weighted by atomic mass is 32.1. The molecule has 0 atom stereocenters. The van der Waals surface area contributed by atoms with Gasteiger partial charge in [-0.05, 0) is 37.8 Å². The highest BCUT2D eigenvalue weighted by Crippen LogP contribution is 2.42. The Morgan fingerprint density at radius 2 is 2.13 bits per heavy atom. The molecule has 0 unspecified atom stereocenters. The van der Waals surface area contributed by atoms with E-state index in [4.69, 9.17) is 0 Å². The van der Waals surface area contributed by atoms with Crippen LogP contribution in [-0.4, -0.2) is 29.6 Å². The van der Waals surface area contributed by atoms with E-state index in [1.54, 1.807) is 13.3 Å². The average Bonchev–Trinajstić information content (AvgIpc) is 3.25. The molecule has 1 fully saturated rings. The lowest BCUT2D eigenvalue weighted by molar-refractivity contribution is 0.251. The molecule has 0 bridgehead atoms. The zero-order valence-electron chi connectivity index (χ0n) is 13.1. The largest absolute Gasteiger partial charge is 0.334 e. The van der Waals surface area contributed by atoms with E-state index in [1.807, 2.05) is 24.3 Å². The number of nitrogens with one attached hydrogen (secondary N) is 2. The van der Waals surface area contributed by atoms with E-state index < -0.39 is 7.14 Å². The lowest BCUT2D eigenvalue weighted by Gasteiger charge is -2.10. The molecule has 1 aromatic heterocycles. The summed E-state index contributed by atoms with van der Waals surface area (Å²) in [5.74, 6) is 0.535. The van der Waals surface area contributed by atoms with Gasteiger partial charge in [0, 0.05) is 17.8 Å². The predicted molar refractivity (Wildman–Crippen MR) is 93.3 cm³/mol. The Bertz CT molecular complexity index is 766. The fourth-order valence-electron chi connectivity index (χ4n) is 2.11. The van der Waals surface area contributed by atoms with Crippen LogP contribution in [0.15, 0.2) is 24.3 Å². The van der Waals surface area contributed by atoms with Crippen LogP contribution in [0.4, 0.5) is 9.93 Å². The van der Waals surface area contributed by atoms with Crippen LogP contribution in [-0.2, 0) is 11.1 Å². The van der Waals surface area contributed by atoms with Crippen molar-refractivity contribution >= 4 is 34.9 Å². The van der Waals surface area contributed by atoms with Crippen LogP contribution in [0, 0.1) is 0 Å². The maximum atomic E-state index is 12.1. The van der Waals surface area contributed by atoms with Gasteiger partial charge in [-0.2, -0.15) is 0 Å². The van der Waals surface area contributed by atoms with Crippen LogP contribution in [0.3, 0.4) is 0 Å². The van der Waals surface area contributed by atoms with Crippen molar-refractivity contribution in [3.63, 3.8) is 0 Å². The summed E-state index contributed by atoms with van der Waals surface area (Å²) in [6.07, 6.45) is 2.33. The molecule has 8 heteroatoms. The topological polar surface area (TPSA) is 84.0 Å². The molecule has 1 aliphatic carbocycles. The maximum Gasteiger partial charge on any atom is 0.321 e. The summed E-state index contributed by atoms with van der Waals surface area (Å²) in [6, 6.07) is 7.17. The molecule has 6 nitrogen and oxygen atoms in total. The third-order valence-corrected chi connectivity index (χ3v) is 6.10. The first-order chi connectivity index (χ1) is 10.9. The van der Waals surface area contributed by atoms with Gasteiger partial charge < -0.3 is 9.88 Å². The fraction of sp³-hybridized carbons (Fsp3) is 0.400. The number of hydrogen-bond acceptors (Lipinski definition) is 5. The minimum absolute atomic E-state index is 0.315. The summed E-state index contributed by atoms with van der Waals surface area (Å²) in [5.41, 5.74) is 0.914. The first-order valence-corrected chi connectivity index (χ1v) is 10.9. The Balaban J connectivity index is 1.55. The van der Waals surface area contributed by atoms with Crippen molar-refractivity contribution in [2.45, 2.75) is 25.3 Å². The molecular formula is C15H19N4O2PS. The van der Waals surface area contributed by atoms with Crippen LogP contribution in [0.1, 0.15) is 29.3 Å². The minimum atomic E-state index is -2.29. The molecule has 2 amide bonds. The molecule has 3 rings (SSSR count). The molecule has 122 valence electrons. The lowest BCUT2D eigenvalue weighted by Crippen LogP contribution is -2.28. The number of amides is 2. The molecule has 1 saturated carbocycles. The van der Waals surface area contributed by atoms with Gasteiger partial charge in [0.1, 0.15) is 12.1 Å². The average molecular weight is 350 g/mol. The van der Waals surface area contributed by atoms with Crippen molar-refractivity contribution in [1.82, 2.24) is 15.5 Å². The number of carbonyl (C=O) groups excluding carboxylic acids is 1. The minimum Gasteiger partial charge on any atom is -0.334 e. The van der Waals surface area contributed by atoms with Crippen LogP contribution in [0.25, 0.3) is 0 Å². The number of urea groups is 1. The molecule has 0 aliphatic heterocycles. The Hall–Kier alpha value is -1.72. The molecule has 2 aromatic rings. The summed E-state index contributed by atoms with van der Waals surface area (Å²) in [7, 11) is -2.29. The number of hydrogen-bond donors (Lipinski definition) is 2. The summed E-state index contributed by atoms with van der Waals surface area (Å²) >= 11 is 1.43. The summed E-state index contributed by atoms with van der Waals surface area (Å²) in [6.45, 7) is 3.84. The second-order valence-electron chi connectivity index (χ2n) is 6.05. The third-order valence-electron chi connectivity index (χ3n) is 3.57. The van der Waals surface area contributed by atoms with E-state index in [0.717, 1.165) is 28.7 Å². The zero-order chi connectivity index (χ0) is 16.4. The standard InChI is InChI=1S/C15H19N4O2PS/c1-22(2,21)12-5-3-4-10(8-12)9-16-14(20)17-15-19-18-13(23-15)11-6-7-11/h3-5,8,11H,6-7,9H2,1-2H3,(H2,16,17,19,20). The Labute approximate surface area is 139 Å². The quantitative estimate of drug-likeness (QED) is 0.812. The fourth-order valence-corrected chi connectivity index (χ4v) is 3.93. The summed E-state index contributed by atoms with van der Waals surface area (Å²) in [5, 5.41) is 15.9. The van der Waals surface area contributed by atoms with Crippen molar-refractivity contribution in [3.05, 3.63) is 34.8 Å². The molecule has 0 radical (unpaired) electrons. The van der Waals surface area contributed by atoms with Gasteiger partial charge in [-0.1, -0.05) is 29.5 Å². The lowest BCUT2D eigenvalue weighted by atomic mass is 10.2. The first kappa shape index (κ1) is 16.1. The third kappa shape index (κ3) is 4.39. The maximum absolute atomic E-state index is 12.1. The van der Waals surface area contributed by atoms with Crippen molar-refractivity contribution in [2.24, 2.45) is 0 Å². The second-order valence-corrected chi connectivity index (χ2v) is 10.3. The van der Waals surface area contributed by atoms with Gasteiger partial charge in [0.2, 0.25) is 5.13 Å². The Kier molecular flexibility index (Phi) is 4.50. The van der Waals surface area contributed by atoms with E-state index in [2.05, 4.69) is 20.8 Å². The van der Waals surface area contributed by atoms with E-state index >= 15 is 0 Å². The molecule has 0 spiro atoms. The normalized spacial score (nSPS) is 14.5. The van der Waals surface area contributed by atoms with Gasteiger partial charge in [0.05, 0.1) is 0 Å². The monoisotopic (exact) mass is 350 g/mol. The Morgan fingerprint density at radius 3 is 2.83 bits per heavy atom. The van der Waals surface area contributed by atoms with Crippen LogP contribution >= 0.6 is 18.5 Å². The van der Waals surface area contributed by atoms with Gasteiger partial charge in [0.25, 0.3) is 0 Å². The molecule has 1 aliphatic rings. The first-order valence-electron chi connectivity index (χ1n) is 7.44. The number of anilines is 1. The van der Waals surface area contributed by atoms with Gasteiger partial charge >= 0.3 is 6.03 Å². The van der Waals surface area contributed by atoms with Crippen molar-refractivity contribution in [2.75, 3.05) is 18.6 Å². The van der Waals surface area contributed by atoms with Crippen LogP contribution in [0.2, 0.25) is 0 Å². The smallest absolute Gasteiger partial charge is 0.321 e. The number of benzene rings is 1. The van der Waals surface area contributed by atoms with Crippen molar-refractivity contribution < 1.29 is 9.36 Å². The van der Waals surface area contributed by atoms with Crippen LogP contribution < -0.4 is 15.9 Å². The highest BCUT2D eigenvalue weighted by molar-refractivity contribution is 7.70. The van der Waals surface area contributed by atoms with E-state index in [1.165, 1.54) is 11.3 Å². The number of nitrogens with zero attached hydrogens (tertiary/aromatic N) is 2. The number of aromatic nitrogens is 2. The zero-order valence-corrected chi connectivity index (χ0v) is 14.8. The molecule has 0 saturated heterocycles. The summed E-state index contributed by atoms with van der Waals surface area (Å²) in [4.78, 5) is 11.9. The van der Waals surface area contributed by atoms with E-state index in [9.17, 15) is 9.36 Å². The van der Waals surface area contributed by atoms with Crippen molar-refractivity contribution in [1.29, 1.82) is 0 Å². The van der Waals surface area contributed by atoms with Gasteiger partial charge in [-0.3, -0.25) is 5.32 Å². The molecule has 2 N–H and O–H groups in total. The molecule has 1 heterocycles. The second kappa shape index (κ2) is 6.42. The molecular weight excluding hydrogens is 331 g/mol. The predicted octanol–water partition coefficient (Wildman–Crippen LogP) is 2.99. The van der Waals surface area contributed by atoms with Crippen molar-refractivity contribution in [3.8, 4) is 0 Å². The Morgan fingerprint density at radius 1 is 1.35 bits per heavy atom. The highest BCUT2D eigenvalue weighted by Gasteiger charge is 2.27. The molecule has 1 aromatic carbocycles. The SMILES string of the molecule is CP(C)(=O)c1cccc(CNC(=O)Nc2nnc(C3CC3)s2)c1.